The van der Waals surface area contributed by atoms with Crippen LogP contribution in [0.4, 0.5) is 0 Å². The van der Waals surface area contributed by atoms with E-state index in [1.807, 2.05) is 31.2 Å². The van der Waals surface area contributed by atoms with E-state index in [2.05, 4.69) is 38.1 Å². The Bertz CT molecular complexity index is 594. The third-order valence-corrected chi connectivity index (χ3v) is 3.31. The summed E-state index contributed by atoms with van der Waals surface area (Å²) < 4.78 is 0. The van der Waals surface area contributed by atoms with Crippen molar-refractivity contribution >= 4 is 11.6 Å². The number of benzene rings is 2. The van der Waals surface area contributed by atoms with Gasteiger partial charge in [-0.15, -0.1) is 0 Å². The molecule has 2 aromatic rings. The Labute approximate surface area is 121 Å². The molecule has 0 fully saturated rings. The highest BCUT2D eigenvalue weighted by atomic mass is 16.3. The van der Waals surface area contributed by atoms with Gasteiger partial charge < -0.3 is 5.11 Å². The number of allylic oxidation sites excluding steroid dienone is 1. The maximum absolute atomic E-state index is 10.1. The summed E-state index contributed by atoms with van der Waals surface area (Å²) in [7, 11) is 0. The summed E-state index contributed by atoms with van der Waals surface area (Å²) in [6.45, 7) is 6.46. The van der Waals surface area contributed by atoms with Crippen LogP contribution in [0, 0.1) is 5.92 Å². The van der Waals surface area contributed by atoms with Crippen LogP contribution in [0.15, 0.2) is 48.5 Å². The van der Waals surface area contributed by atoms with E-state index in [0.717, 1.165) is 23.1 Å². The van der Waals surface area contributed by atoms with Crippen molar-refractivity contribution in [3.05, 3.63) is 65.2 Å². The molecule has 0 saturated carbocycles. The minimum absolute atomic E-state index is 0.349. The van der Waals surface area contributed by atoms with Gasteiger partial charge in [0.25, 0.3) is 0 Å². The minimum atomic E-state index is 0.349. The van der Waals surface area contributed by atoms with Gasteiger partial charge in [-0.25, -0.2) is 0 Å². The molecule has 104 valence electrons. The summed E-state index contributed by atoms with van der Waals surface area (Å²) in [5.74, 6) is 0.966. The molecule has 0 saturated heterocycles. The van der Waals surface area contributed by atoms with Crippen LogP contribution in [0.3, 0.4) is 0 Å². The highest BCUT2D eigenvalue weighted by Crippen LogP contribution is 2.28. The van der Waals surface area contributed by atoms with Crippen LogP contribution in [0.1, 0.15) is 37.5 Å². The summed E-state index contributed by atoms with van der Waals surface area (Å²) in [5.41, 5.74) is 4.43. The van der Waals surface area contributed by atoms with Gasteiger partial charge in [0.05, 0.1) is 0 Å². The van der Waals surface area contributed by atoms with E-state index in [1.54, 1.807) is 6.07 Å². The first-order chi connectivity index (χ1) is 9.56. The molecular weight excluding hydrogens is 244 g/mol. The fourth-order valence-corrected chi connectivity index (χ4v) is 2.37. The molecule has 0 aliphatic heterocycles. The van der Waals surface area contributed by atoms with Gasteiger partial charge in [-0.05, 0) is 48.1 Å². The van der Waals surface area contributed by atoms with Gasteiger partial charge in [-0.1, -0.05) is 56.3 Å². The molecule has 0 heterocycles. The zero-order valence-electron chi connectivity index (χ0n) is 12.4. The quantitative estimate of drug-likeness (QED) is 0.759. The molecule has 0 unspecified atom stereocenters. The van der Waals surface area contributed by atoms with Crippen molar-refractivity contribution in [2.45, 2.75) is 27.2 Å². The first-order valence-electron chi connectivity index (χ1n) is 7.12. The van der Waals surface area contributed by atoms with Crippen LogP contribution in [-0.2, 0) is 6.42 Å². The predicted octanol–water partition coefficient (Wildman–Crippen LogP) is 5.15. The number of rotatable bonds is 4. The molecule has 0 aromatic heterocycles. The Hall–Kier alpha value is -2.02. The molecule has 1 N–H and O–H groups in total. The average Bonchev–Trinajstić information content (AvgIpc) is 2.41. The van der Waals surface area contributed by atoms with Crippen molar-refractivity contribution in [2.24, 2.45) is 5.92 Å². The van der Waals surface area contributed by atoms with Crippen molar-refractivity contribution in [3.8, 4) is 5.75 Å². The molecule has 2 aromatic carbocycles. The second-order valence-corrected chi connectivity index (χ2v) is 5.69. The third-order valence-electron chi connectivity index (χ3n) is 3.31. The zero-order chi connectivity index (χ0) is 14.5. The van der Waals surface area contributed by atoms with E-state index in [1.165, 1.54) is 5.56 Å². The van der Waals surface area contributed by atoms with Crippen LogP contribution in [-0.4, -0.2) is 5.11 Å². The third kappa shape index (κ3) is 3.74. The van der Waals surface area contributed by atoms with E-state index in [9.17, 15) is 5.11 Å². The van der Waals surface area contributed by atoms with Gasteiger partial charge in [-0.2, -0.15) is 0 Å². The molecule has 0 amide bonds. The summed E-state index contributed by atoms with van der Waals surface area (Å²) >= 11 is 0. The molecule has 0 aliphatic carbocycles. The molecule has 1 heteroatoms. The molecule has 1 nitrogen and oxygen atoms in total. The smallest absolute Gasteiger partial charge is 0.123 e. The second kappa shape index (κ2) is 6.42. The topological polar surface area (TPSA) is 20.2 Å². The van der Waals surface area contributed by atoms with Gasteiger partial charge in [0.2, 0.25) is 0 Å². The Morgan fingerprint density at radius 1 is 1.10 bits per heavy atom. The highest BCUT2D eigenvalue weighted by molar-refractivity contribution is 5.82. The summed E-state index contributed by atoms with van der Waals surface area (Å²) in [4.78, 5) is 0. The predicted molar refractivity (Wildman–Crippen MR) is 86.6 cm³/mol. The van der Waals surface area contributed by atoms with E-state index in [0.29, 0.717) is 11.7 Å². The van der Waals surface area contributed by atoms with Crippen LogP contribution < -0.4 is 0 Å². The van der Waals surface area contributed by atoms with Crippen LogP contribution >= 0.6 is 0 Å². The van der Waals surface area contributed by atoms with Gasteiger partial charge in [0, 0.05) is 5.56 Å². The van der Waals surface area contributed by atoms with Crippen molar-refractivity contribution in [1.82, 2.24) is 0 Å². The molecule has 20 heavy (non-hydrogen) atoms. The molecule has 0 radical (unpaired) electrons. The van der Waals surface area contributed by atoms with E-state index >= 15 is 0 Å². The second-order valence-electron chi connectivity index (χ2n) is 5.69. The number of phenols is 1. The first-order valence-corrected chi connectivity index (χ1v) is 7.12. The van der Waals surface area contributed by atoms with Gasteiger partial charge in [-0.3, -0.25) is 0 Å². The lowest BCUT2D eigenvalue weighted by Crippen LogP contribution is -1.95. The number of hydrogen-bond donors (Lipinski definition) is 1. The molecular formula is C19H22O. The highest BCUT2D eigenvalue weighted by Gasteiger charge is 2.06. The average molecular weight is 266 g/mol. The fourth-order valence-electron chi connectivity index (χ4n) is 2.37. The lowest BCUT2D eigenvalue weighted by Gasteiger charge is -2.10. The van der Waals surface area contributed by atoms with Crippen molar-refractivity contribution < 1.29 is 5.11 Å². The largest absolute Gasteiger partial charge is 0.507 e. The van der Waals surface area contributed by atoms with E-state index in [-0.39, 0.29) is 0 Å². The number of hydrogen-bond acceptors (Lipinski definition) is 1. The number of phenolic OH excluding ortho intramolecular Hbond substituents is 1. The lowest BCUT2D eigenvalue weighted by atomic mass is 9.97. The summed E-state index contributed by atoms with van der Waals surface area (Å²) in [5, 5.41) is 10.1. The Morgan fingerprint density at radius 2 is 1.80 bits per heavy atom. The van der Waals surface area contributed by atoms with Crippen molar-refractivity contribution in [1.29, 1.82) is 0 Å². The van der Waals surface area contributed by atoms with E-state index in [4.69, 9.17) is 0 Å². The summed E-state index contributed by atoms with van der Waals surface area (Å²) in [6, 6.07) is 16.1. The van der Waals surface area contributed by atoms with Gasteiger partial charge in [0.1, 0.15) is 5.75 Å². The van der Waals surface area contributed by atoms with Crippen molar-refractivity contribution in [2.75, 3.05) is 0 Å². The molecule has 0 aliphatic rings. The number of aromatic hydroxyl groups is 1. The minimum Gasteiger partial charge on any atom is -0.507 e. The molecule has 0 spiro atoms. The van der Waals surface area contributed by atoms with Gasteiger partial charge in [0.15, 0.2) is 0 Å². The summed E-state index contributed by atoms with van der Waals surface area (Å²) in [6.07, 6.45) is 3.14. The Balaban J connectivity index is 2.33. The maximum Gasteiger partial charge on any atom is 0.123 e. The Morgan fingerprint density at radius 3 is 2.45 bits per heavy atom. The fraction of sp³-hybridized carbons (Fsp3) is 0.263. The van der Waals surface area contributed by atoms with Crippen LogP contribution in [0.5, 0.6) is 5.75 Å². The first kappa shape index (κ1) is 14.4. The molecule has 2 rings (SSSR count). The van der Waals surface area contributed by atoms with Crippen LogP contribution in [0.2, 0.25) is 0 Å². The molecule has 0 atom stereocenters. The van der Waals surface area contributed by atoms with E-state index < -0.39 is 0 Å². The van der Waals surface area contributed by atoms with Crippen LogP contribution in [0.25, 0.3) is 11.6 Å². The van der Waals surface area contributed by atoms with Crippen molar-refractivity contribution in [3.63, 3.8) is 0 Å². The monoisotopic (exact) mass is 266 g/mol. The Kier molecular flexibility index (Phi) is 4.62. The normalized spacial score (nSPS) is 11.9. The zero-order valence-corrected chi connectivity index (χ0v) is 12.4. The van der Waals surface area contributed by atoms with Gasteiger partial charge >= 0.3 is 0 Å². The molecule has 0 bridgehead atoms. The maximum atomic E-state index is 10.1. The SMILES string of the molecule is CC(=Cc1ccccc1)c1cc(CC(C)C)ccc1O. The standard InChI is InChI=1S/C19H22O/c1-14(2)11-17-9-10-19(20)18(13-17)15(3)12-16-7-5-4-6-8-16/h4-10,12-14,20H,11H2,1-3H3. The lowest BCUT2D eigenvalue weighted by molar-refractivity contribution is 0.473.